The first kappa shape index (κ1) is 29.1. The number of fused-ring (bicyclic) bond motifs is 3. The molecule has 0 amide bonds. The van der Waals surface area contributed by atoms with Crippen LogP contribution in [0.25, 0.3) is 27.5 Å². The zero-order valence-corrected chi connectivity index (χ0v) is 24.9. The van der Waals surface area contributed by atoms with Gasteiger partial charge in [0.2, 0.25) is 0 Å². The number of aromatic nitrogens is 1. The summed E-state index contributed by atoms with van der Waals surface area (Å²) in [7, 11) is 0. The van der Waals surface area contributed by atoms with Gasteiger partial charge in [-0.2, -0.15) is 0 Å². The van der Waals surface area contributed by atoms with Crippen LogP contribution >= 0.6 is 0 Å². The molecule has 0 unspecified atom stereocenters. The van der Waals surface area contributed by atoms with Crippen molar-refractivity contribution in [3.8, 4) is 11.4 Å². The lowest BCUT2D eigenvalue weighted by Gasteiger charge is -2.10. The lowest BCUT2D eigenvalue weighted by molar-refractivity contribution is -0.140. The second-order valence-corrected chi connectivity index (χ2v) is 10.5. The molecule has 224 valence electrons. The van der Waals surface area contributed by atoms with Crippen LogP contribution in [0.1, 0.15) is 53.6 Å². The van der Waals surface area contributed by atoms with Gasteiger partial charge in [0.15, 0.2) is 5.78 Å². The number of hydrogen-bond acceptors (Lipinski definition) is 8. The predicted octanol–water partition coefficient (Wildman–Crippen LogP) is 7.67. The third kappa shape index (κ3) is 5.96. The molecule has 45 heavy (non-hydrogen) atoms. The summed E-state index contributed by atoms with van der Waals surface area (Å²) in [6.45, 7) is 5.10. The van der Waals surface area contributed by atoms with Gasteiger partial charge in [-0.1, -0.05) is 28.5 Å². The Hall–Kier alpha value is -5.96. The number of furan rings is 1. The van der Waals surface area contributed by atoms with Crippen molar-refractivity contribution in [3.05, 3.63) is 131 Å². The minimum absolute atomic E-state index is 0.119. The van der Waals surface area contributed by atoms with Gasteiger partial charge >= 0.3 is 5.97 Å². The molecule has 1 N–H and O–H groups in total. The standard InChI is InChI=1S/C36H29N3O6/c1-22(37-42)27-10-16-34-32(19-27)33-20-28(36(41)26-8-14-30(15-9-26)44-21-31-5-4-18-43-31)11-17-35(33)39(34)29-12-6-25(7-13-29)23(2)38-45-24(3)40/h4-20,42H,21H2,1-3H3. The van der Waals surface area contributed by atoms with Crippen LogP contribution in [0.4, 0.5) is 0 Å². The molecule has 0 spiro atoms. The summed E-state index contributed by atoms with van der Waals surface area (Å²) in [5, 5.41) is 18.5. The Labute approximate surface area is 258 Å². The zero-order valence-electron chi connectivity index (χ0n) is 24.9. The number of carbonyl (C=O) groups is 2. The van der Waals surface area contributed by atoms with Gasteiger partial charge in [0, 0.05) is 34.5 Å². The molecule has 0 aliphatic heterocycles. The van der Waals surface area contributed by atoms with Gasteiger partial charge < -0.3 is 23.8 Å². The predicted molar refractivity (Wildman–Crippen MR) is 172 cm³/mol. The monoisotopic (exact) mass is 599 g/mol. The van der Waals surface area contributed by atoms with Crippen molar-refractivity contribution >= 4 is 45.0 Å². The Balaban J connectivity index is 1.38. The maximum absolute atomic E-state index is 13.6. The maximum Gasteiger partial charge on any atom is 0.331 e. The molecule has 0 atom stereocenters. The molecule has 0 fully saturated rings. The van der Waals surface area contributed by atoms with Gasteiger partial charge in [-0.05, 0) is 104 Å². The second-order valence-electron chi connectivity index (χ2n) is 10.5. The minimum atomic E-state index is -0.484. The van der Waals surface area contributed by atoms with E-state index in [2.05, 4.69) is 14.9 Å². The van der Waals surface area contributed by atoms with E-state index in [1.807, 2.05) is 66.7 Å². The zero-order chi connectivity index (χ0) is 31.5. The molecule has 2 heterocycles. The van der Waals surface area contributed by atoms with Gasteiger partial charge in [0.25, 0.3) is 0 Å². The van der Waals surface area contributed by atoms with Gasteiger partial charge in [-0.3, -0.25) is 4.79 Å². The highest BCUT2D eigenvalue weighted by Crippen LogP contribution is 2.34. The molecule has 9 nitrogen and oxygen atoms in total. The van der Waals surface area contributed by atoms with Crippen LogP contribution in [0, 0.1) is 0 Å². The highest BCUT2D eigenvalue weighted by atomic mass is 16.7. The summed E-state index contributed by atoms with van der Waals surface area (Å²) >= 11 is 0. The number of carbonyl (C=O) groups excluding carboxylic acids is 2. The van der Waals surface area contributed by atoms with Crippen molar-refractivity contribution in [2.45, 2.75) is 27.4 Å². The van der Waals surface area contributed by atoms with Gasteiger partial charge in [0.1, 0.15) is 18.1 Å². The van der Waals surface area contributed by atoms with Crippen molar-refractivity contribution in [3.63, 3.8) is 0 Å². The third-order valence-electron chi connectivity index (χ3n) is 7.53. The Morgan fingerprint density at radius 1 is 0.756 bits per heavy atom. The Morgan fingerprint density at radius 3 is 2.00 bits per heavy atom. The van der Waals surface area contributed by atoms with Crippen LogP contribution in [-0.2, 0) is 16.2 Å². The van der Waals surface area contributed by atoms with E-state index in [-0.39, 0.29) is 5.78 Å². The van der Waals surface area contributed by atoms with Crippen molar-refractivity contribution in [1.82, 2.24) is 4.57 Å². The normalized spacial score (nSPS) is 12.1. The summed E-state index contributed by atoms with van der Waals surface area (Å²) in [5.74, 6) is 0.743. The summed E-state index contributed by atoms with van der Waals surface area (Å²) in [4.78, 5) is 29.6. The van der Waals surface area contributed by atoms with E-state index in [4.69, 9.17) is 14.0 Å². The Morgan fingerprint density at radius 2 is 1.38 bits per heavy atom. The van der Waals surface area contributed by atoms with Crippen molar-refractivity contribution in [2.24, 2.45) is 10.3 Å². The van der Waals surface area contributed by atoms with E-state index in [9.17, 15) is 14.8 Å². The number of ketones is 1. The molecular weight excluding hydrogens is 570 g/mol. The molecule has 6 rings (SSSR count). The molecule has 0 saturated carbocycles. The molecule has 0 aliphatic rings. The highest BCUT2D eigenvalue weighted by Gasteiger charge is 2.17. The Kier molecular flexibility index (Phi) is 7.99. The van der Waals surface area contributed by atoms with E-state index in [1.54, 1.807) is 50.4 Å². The summed E-state index contributed by atoms with van der Waals surface area (Å²) in [5.41, 5.74) is 6.40. The van der Waals surface area contributed by atoms with Crippen LogP contribution in [0.5, 0.6) is 5.75 Å². The van der Waals surface area contributed by atoms with E-state index in [1.165, 1.54) is 6.92 Å². The first-order chi connectivity index (χ1) is 21.8. The minimum Gasteiger partial charge on any atom is -0.486 e. The van der Waals surface area contributed by atoms with E-state index < -0.39 is 5.97 Å². The van der Waals surface area contributed by atoms with Crippen LogP contribution < -0.4 is 4.74 Å². The summed E-state index contributed by atoms with van der Waals surface area (Å²) < 4.78 is 13.2. The average Bonchev–Trinajstić information content (AvgIpc) is 3.71. The quantitative estimate of drug-likeness (QED) is 0.0599. The molecule has 0 aliphatic carbocycles. The van der Waals surface area contributed by atoms with Crippen molar-refractivity contribution in [2.75, 3.05) is 0 Å². The SMILES string of the molecule is CC(=O)ON=C(C)c1ccc(-n2c3ccc(C(=O)c4ccc(OCc5ccco5)cc4)cc3c3cc(C(C)=NO)ccc32)cc1. The van der Waals surface area contributed by atoms with E-state index >= 15 is 0 Å². The summed E-state index contributed by atoms with van der Waals surface area (Å²) in [6, 6.07) is 29.9. The molecule has 0 saturated heterocycles. The fourth-order valence-corrected chi connectivity index (χ4v) is 5.18. The lowest BCUT2D eigenvalue weighted by Crippen LogP contribution is -2.02. The maximum atomic E-state index is 13.6. The molecular formula is C36H29N3O6. The number of nitrogens with zero attached hydrogens (tertiary/aromatic N) is 3. The number of oxime groups is 2. The van der Waals surface area contributed by atoms with Crippen LogP contribution in [0.15, 0.2) is 118 Å². The molecule has 0 radical (unpaired) electrons. The molecule has 2 aromatic heterocycles. The van der Waals surface area contributed by atoms with Gasteiger partial charge in [-0.15, -0.1) is 0 Å². The number of ether oxygens (including phenoxy) is 1. The number of benzene rings is 4. The first-order valence-electron chi connectivity index (χ1n) is 14.2. The third-order valence-corrected chi connectivity index (χ3v) is 7.53. The number of hydrogen-bond donors (Lipinski definition) is 1. The van der Waals surface area contributed by atoms with E-state index in [0.717, 1.165) is 38.6 Å². The molecule has 6 aromatic rings. The van der Waals surface area contributed by atoms with Crippen LogP contribution in [-0.4, -0.2) is 33.0 Å². The lowest BCUT2D eigenvalue weighted by atomic mass is 10.0. The van der Waals surface area contributed by atoms with E-state index in [0.29, 0.717) is 40.7 Å². The average molecular weight is 600 g/mol. The van der Waals surface area contributed by atoms with Crippen LogP contribution in [0.2, 0.25) is 0 Å². The molecule has 4 aromatic carbocycles. The Bertz CT molecular complexity index is 2090. The number of rotatable bonds is 9. The molecule has 9 heteroatoms. The molecule has 0 bridgehead atoms. The second kappa shape index (κ2) is 12.3. The first-order valence-corrected chi connectivity index (χ1v) is 14.2. The van der Waals surface area contributed by atoms with Crippen molar-refractivity contribution < 1.29 is 28.8 Å². The largest absolute Gasteiger partial charge is 0.486 e. The summed E-state index contributed by atoms with van der Waals surface area (Å²) in [6.07, 6.45) is 1.60. The van der Waals surface area contributed by atoms with Crippen LogP contribution in [0.3, 0.4) is 0 Å². The van der Waals surface area contributed by atoms with Gasteiger partial charge in [0.05, 0.1) is 28.7 Å². The fourth-order valence-electron chi connectivity index (χ4n) is 5.18. The topological polar surface area (TPSA) is 116 Å². The van der Waals surface area contributed by atoms with Gasteiger partial charge in [-0.25, -0.2) is 4.79 Å². The van der Waals surface area contributed by atoms with Crippen molar-refractivity contribution in [1.29, 1.82) is 0 Å². The fraction of sp³-hybridized carbons (Fsp3) is 0.111. The smallest absolute Gasteiger partial charge is 0.331 e. The highest BCUT2D eigenvalue weighted by molar-refractivity contribution is 6.16.